The molecule has 0 aliphatic carbocycles. The zero-order valence-corrected chi connectivity index (χ0v) is 58.6. The fourth-order valence-electron chi connectivity index (χ4n) is 11.9. The van der Waals surface area contributed by atoms with Crippen molar-refractivity contribution in [3.05, 3.63) is 97.2 Å². The quantitative estimate of drug-likeness (QED) is 0.0261. The second-order valence-electron chi connectivity index (χ2n) is 26.4. The molecule has 1 fully saturated rings. The highest BCUT2D eigenvalue weighted by Gasteiger charge is 2.44. The maximum absolute atomic E-state index is 13.2. The Hall–Kier alpha value is -2.89. The van der Waals surface area contributed by atoms with Crippen molar-refractivity contribution in [3.8, 4) is 0 Å². The molecule has 1 saturated heterocycles. The van der Waals surface area contributed by atoms with Crippen LogP contribution in [0.3, 0.4) is 0 Å². The van der Waals surface area contributed by atoms with E-state index in [1.807, 2.05) is 6.08 Å². The number of hydrogen-bond donors (Lipinski definition) is 6. The van der Waals surface area contributed by atoms with Gasteiger partial charge in [-0.3, -0.25) is 4.79 Å². The molecule has 0 bridgehead atoms. The molecule has 1 aliphatic rings. The summed E-state index contributed by atoms with van der Waals surface area (Å²) in [6.45, 7) is 3.69. The van der Waals surface area contributed by atoms with Gasteiger partial charge < -0.3 is 40.3 Å². The molecule has 522 valence electrons. The number of aliphatic hydroxyl groups excluding tert-OH is 5. The zero-order valence-electron chi connectivity index (χ0n) is 58.6. The van der Waals surface area contributed by atoms with Crippen LogP contribution in [-0.4, -0.2) is 87.5 Å². The van der Waals surface area contributed by atoms with Crippen LogP contribution in [0.5, 0.6) is 0 Å². The Bertz CT molecular complexity index is 1750. The van der Waals surface area contributed by atoms with Gasteiger partial charge in [-0.15, -0.1) is 0 Å². The third kappa shape index (κ3) is 56.6. The van der Waals surface area contributed by atoms with Gasteiger partial charge in [0, 0.05) is 6.42 Å². The summed E-state index contributed by atoms with van der Waals surface area (Å²) in [5, 5.41) is 54.8. The van der Waals surface area contributed by atoms with Gasteiger partial charge in [0.25, 0.3) is 0 Å². The number of aliphatic hydroxyl groups is 5. The minimum absolute atomic E-state index is 0.183. The summed E-state index contributed by atoms with van der Waals surface area (Å²) in [5.41, 5.74) is 0. The first kappa shape index (κ1) is 85.1. The summed E-state index contributed by atoms with van der Waals surface area (Å²) in [6, 6.07) is -0.827. The highest BCUT2D eigenvalue weighted by Crippen LogP contribution is 2.23. The van der Waals surface area contributed by atoms with Crippen LogP contribution in [-0.2, 0) is 14.3 Å². The number of rotatable bonds is 67. The minimum atomic E-state index is -1.58. The maximum Gasteiger partial charge on any atom is 0.220 e. The van der Waals surface area contributed by atoms with E-state index in [9.17, 15) is 30.3 Å². The van der Waals surface area contributed by atoms with Crippen molar-refractivity contribution < 1.29 is 39.8 Å². The van der Waals surface area contributed by atoms with Gasteiger partial charge >= 0.3 is 0 Å². The standard InChI is InChI=1S/C81H145NO8/c1-3-5-7-9-11-13-15-17-19-21-23-25-27-29-31-33-34-35-36-37-38-39-40-41-42-43-45-47-49-51-53-55-57-59-61-63-65-67-69-71-77(85)82-74(73-89-81-80(88)79(87)78(86)76(72-83)90-81)75(84)70-68-66-64-62-60-58-56-54-52-50-48-46-44-32-30-28-26-24-22-20-18-16-14-12-10-8-6-4-2/h5,7,11,13,17,19,23,25,29,31,34-35,60,62,68,70,74-76,78-81,83-84,86-88H,3-4,6,8-10,12,14-16,18,20-22,24,26-28,30,32-33,36-59,61,63-67,69,71-73H2,1-2H3,(H,82,85)/b7-5-,13-11-,19-17-,25-23-,31-29-,35-34-,62-60+,70-68+. The first-order valence-electron chi connectivity index (χ1n) is 38.5. The van der Waals surface area contributed by atoms with E-state index in [4.69, 9.17) is 9.47 Å². The number of ether oxygens (including phenoxy) is 2. The van der Waals surface area contributed by atoms with Crippen LogP contribution in [0.1, 0.15) is 354 Å². The van der Waals surface area contributed by atoms with Crippen molar-refractivity contribution >= 4 is 5.91 Å². The van der Waals surface area contributed by atoms with Gasteiger partial charge in [-0.25, -0.2) is 0 Å². The normalized spacial score (nSPS) is 18.3. The molecule has 0 radical (unpaired) electrons. The van der Waals surface area contributed by atoms with Crippen LogP contribution in [0.15, 0.2) is 97.2 Å². The number of nitrogens with one attached hydrogen (secondary N) is 1. The fraction of sp³-hybridized carbons (Fsp3) is 0.790. The van der Waals surface area contributed by atoms with E-state index >= 15 is 0 Å². The third-order valence-corrected chi connectivity index (χ3v) is 17.9. The molecule has 0 saturated carbocycles. The number of carbonyl (C=O) groups is 1. The monoisotopic (exact) mass is 1260 g/mol. The highest BCUT2D eigenvalue weighted by molar-refractivity contribution is 5.76. The van der Waals surface area contributed by atoms with Crippen molar-refractivity contribution in [2.24, 2.45) is 0 Å². The molecule has 1 aliphatic heterocycles. The molecule has 0 aromatic rings. The van der Waals surface area contributed by atoms with Crippen molar-refractivity contribution in [1.82, 2.24) is 5.32 Å². The van der Waals surface area contributed by atoms with Crippen LogP contribution in [0, 0.1) is 0 Å². The predicted octanol–water partition coefficient (Wildman–Crippen LogP) is 21.8. The predicted molar refractivity (Wildman–Crippen MR) is 387 cm³/mol. The number of amides is 1. The van der Waals surface area contributed by atoms with E-state index in [1.54, 1.807) is 6.08 Å². The van der Waals surface area contributed by atoms with Gasteiger partial charge in [0.05, 0.1) is 25.4 Å². The largest absolute Gasteiger partial charge is 0.394 e. The second kappa shape index (κ2) is 69.0. The van der Waals surface area contributed by atoms with E-state index in [-0.39, 0.29) is 12.5 Å². The van der Waals surface area contributed by atoms with E-state index in [0.717, 1.165) is 77.0 Å². The average Bonchev–Trinajstić information content (AvgIpc) is 2.75. The average molecular weight is 1260 g/mol. The van der Waals surface area contributed by atoms with E-state index in [1.165, 1.54) is 257 Å². The Morgan fingerprint density at radius 2 is 0.700 bits per heavy atom. The molecule has 90 heavy (non-hydrogen) atoms. The van der Waals surface area contributed by atoms with Crippen molar-refractivity contribution in [2.75, 3.05) is 13.2 Å². The molecule has 0 aromatic carbocycles. The lowest BCUT2D eigenvalue weighted by molar-refractivity contribution is -0.302. The lowest BCUT2D eigenvalue weighted by Gasteiger charge is -2.40. The van der Waals surface area contributed by atoms with Gasteiger partial charge in [0.1, 0.15) is 24.4 Å². The lowest BCUT2D eigenvalue weighted by Crippen LogP contribution is -2.60. The molecule has 9 nitrogen and oxygen atoms in total. The van der Waals surface area contributed by atoms with Gasteiger partial charge in [-0.05, 0) is 83.5 Å². The smallest absolute Gasteiger partial charge is 0.220 e. The Kier molecular flexibility index (Phi) is 65.2. The molecular weight excluding hydrogens is 1110 g/mol. The van der Waals surface area contributed by atoms with Crippen LogP contribution >= 0.6 is 0 Å². The van der Waals surface area contributed by atoms with Crippen molar-refractivity contribution in [1.29, 1.82) is 0 Å². The van der Waals surface area contributed by atoms with Gasteiger partial charge in [-0.1, -0.05) is 361 Å². The van der Waals surface area contributed by atoms with Crippen LogP contribution in [0.25, 0.3) is 0 Å². The maximum atomic E-state index is 13.2. The Morgan fingerprint density at radius 1 is 0.389 bits per heavy atom. The zero-order chi connectivity index (χ0) is 64.9. The molecule has 9 heteroatoms. The summed E-state index contributed by atoms with van der Waals surface area (Å²) < 4.78 is 11.3. The molecule has 0 aromatic heterocycles. The Labute approximate surface area is 555 Å². The van der Waals surface area contributed by atoms with E-state index in [0.29, 0.717) is 6.42 Å². The van der Waals surface area contributed by atoms with Gasteiger partial charge in [0.2, 0.25) is 5.91 Å². The molecule has 6 N–H and O–H groups in total. The SMILES string of the molecule is CC/C=C\C/C=C\C/C=C\C/C=C\C/C=C\C/C=C\CCCCCCCCCCCCCCCCCCCCCCC(=O)NC(COC1OC(CO)C(O)C(O)C1O)C(O)/C=C/CC/C=C/CCCCCCCCCCCCCCCCCCCCCCCC. The van der Waals surface area contributed by atoms with Crippen LogP contribution in [0.2, 0.25) is 0 Å². The van der Waals surface area contributed by atoms with Crippen molar-refractivity contribution in [2.45, 2.75) is 397 Å². The van der Waals surface area contributed by atoms with E-state index in [2.05, 4.69) is 104 Å². The minimum Gasteiger partial charge on any atom is -0.394 e. The molecular formula is C81H145NO8. The molecule has 1 heterocycles. The Morgan fingerprint density at radius 3 is 1.07 bits per heavy atom. The second-order valence-corrected chi connectivity index (χ2v) is 26.4. The summed E-state index contributed by atoms with van der Waals surface area (Å²) in [5.74, 6) is -0.183. The number of unbranched alkanes of at least 4 members (excludes halogenated alkanes) is 43. The molecule has 1 rings (SSSR count). The highest BCUT2D eigenvalue weighted by atomic mass is 16.7. The number of carbonyl (C=O) groups excluding carboxylic acids is 1. The van der Waals surface area contributed by atoms with E-state index < -0.39 is 49.5 Å². The summed E-state index contributed by atoms with van der Waals surface area (Å²) in [6.07, 6.45) is 94.0. The summed E-state index contributed by atoms with van der Waals surface area (Å²) in [4.78, 5) is 13.2. The van der Waals surface area contributed by atoms with Crippen LogP contribution < -0.4 is 5.32 Å². The molecule has 7 unspecified atom stereocenters. The summed E-state index contributed by atoms with van der Waals surface area (Å²) >= 11 is 0. The fourth-order valence-corrected chi connectivity index (χ4v) is 11.9. The lowest BCUT2D eigenvalue weighted by atomic mass is 9.99. The number of allylic oxidation sites excluding steroid dienone is 15. The third-order valence-electron chi connectivity index (χ3n) is 17.9. The molecule has 1 amide bonds. The number of hydrogen-bond acceptors (Lipinski definition) is 8. The topological polar surface area (TPSA) is 149 Å². The molecule has 0 spiro atoms. The first-order valence-corrected chi connectivity index (χ1v) is 38.5. The van der Waals surface area contributed by atoms with Crippen LogP contribution in [0.4, 0.5) is 0 Å². The van der Waals surface area contributed by atoms with Crippen molar-refractivity contribution in [3.63, 3.8) is 0 Å². The Balaban J connectivity index is 2.09. The first-order chi connectivity index (χ1) is 44.3. The summed E-state index contributed by atoms with van der Waals surface area (Å²) in [7, 11) is 0. The molecule has 7 atom stereocenters. The van der Waals surface area contributed by atoms with Gasteiger partial charge in [0.15, 0.2) is 6.29 Å². The van der Waals surface area contributed by atoms with Gasteiger partial charge in [-0.2, -0.15) is 0 Å².